The summed E-state index contributed by atoms with van der Waals surface area (Å²) in [4.78, 5) is 25.5. The molecule has 7 heteroatoms. The van der Waals surface area contributed by atoms with Gasteiger partial charge in [0, 0.05) is 6.54 Å². The predicted molar refractivity (Wildman–Crippen MR) is 119 cm³/mol. The van der Waals surface area contributed by atoms with Crippen molar-refractivity contribution < 1.29 is 14.3 Å². The number of aromatic nitrogens is 1. The number of fused-ring (bicyclic) bond motifs is 1. The average Bonchev–Trinajstić information content (AvgIpc) is 3.05. The number of alkyl carbamates (subject to hydrolysis) is 1. The van der Waals surface area contributed by atoms with Crippen molar-refractivity contribution in [1.29, 1.82) is 0 Å². The predicted octanol–water partition coefficient (Wildman–Crippen LogP) is 5.31. The van der Waals surface area contributed by atoms with Crippen LogP contribution >= 0.6 is 11.3 Å². The van der Waals surface area contributed by atoms with E-state index in [1.807, 2.05) is 32.2 Å². The Morgan fingerprint density at radius 1 is 1.21 bits per heavy atom. The fourth-order valence-electron chi connectivity index (χ4n) is 2.93. The molecule has 0 spiro atoms. The second kappa shape index (κ2) is 9.20. The maximum Gasteiger partial charge on any atom is 0.407 e. The Kier molecular flexibility index (Phi) is 7.38. The standard InChI is InChI=1S/C22H34N2O4S/c1-8-9-11-27-17-16(13-23-20(26)28-22(5,6)7)24(14-21(2,3)4)19(25)15-10-12-29-18(15)17/h10,12H,8-9,11,13-14H2,1-7H3,(H,23,26). The number of hydrogen-bond acceptors (Lipinski definition) is 5. The highest BCUT2D eigenvalue weighted by atomic mass is 32.1. The van der Waals surface area contributed by atoms with Crippen LogP contribution in [0.4, 0.5) is 4.79 Å². The molecule has 0 aliphatic rings. The number of rotatable bonds is 7. The smallest absolute Gasteiger partial charge is 0.407 e. The van der Waals surface area contributed by atoms with E-state index in [-0.39, 0.29) is 17.5 Å². The fraction of sp³-hybridized carbons (Fsp3) is 0.636. The molecule has 2 rings (SSSR count). The van der Waals surface area contributed by atoms with Crippen molar-refractivity contribution >= 4 is 27.5 Å². The second-order valence-electron chi connectivity index (χ2n) is 9.45. The summed E-state index contributed by atoms with van der Waals surface area (Å²) in [6.45, 7) is 15.1. The lowest BCUT2D eigenvalue weighted by Gasteiger charge is -2.25. The minimum absolute atomic E-state index is 0.0556. The first-order valence-corrected chi connectivity index (χ1v) is 11.0. The van der Waals surface area contributed by atoms with Crippen molar-refractivity contribution in [3.63, 3.8) is 0 Å². The summed E-state index contributed by atoms with van der Waals surface area (Å²) in [5.74, 6) is 0.684. The molecule has 2 aromatic heterocycles. The van der Waals surface area contributed by atoms with Crippen molar-refractivity contribution in [3.8, 4) is 5.75 Å². The molecule has 0 aliphatic carbocycles. The Balaban J connectivity index is 2.51. The summed E-state index contributed by atoms with van der Waals surface area (Å²) in [7, 11) is 0. The number of carbonyl (C=O) groups excluding carboxylic acids is 1. The molecule has 0 aromatic carbocycles. The summed E-state index contributed by atoms with van der Waals surface area (Å²) in [5.41, 5.74) is -0.0794. The largest absolute Gasteiger partial charge is 0.490 e. The van der Waals surface area contributed by atoms with Crippen molar-refractivity contribution in [3.05, 3.63) is 27.5 Å². The van der Waals surface area contributed by atoms with Gasteiger partial charge in [0.05, 0.1) is 28.9 Å². The molecule has 0 saturated carbocycles. The number of unbranched alkanes of at least 4 members (excludes halogenated alkanes) is 1. The normalized spacial score (nSPS) is 12.2. The number of carbonyl (C=O) groups is 1. The highest BCUT2D eigenvalue weighted by molar-refractivity contribution is 7.17. The van der Waals surface area contributed by atoms with Crippen LogP contribution < -0.4 is 15.6 Å². The minimum atomic E-state index is -0.590. The van der Waals surface area contributed by atoms with E-state index in [1.165, 1.54) is 11.3 Å². The molecule has 0 radical (unpaired) electrons. The van der Waals surface area contributed by atoms with Crippen molar-refractivity contribution in [2.24, 2.45) is 5.41 Å². The van der Waals surface area contributed by atoms with E-state index >= 15 is 0 Å². The summed E-state index contributed by atoms with van der Waals surface area (Å²) < 4.78 is 14.1. The van der Waals surface area contributed by atoms with E-state index in [0.29, 0.717) is 30.0 Å². The van der Waals surface area contributed by atoms with Gasteiger partial charge in [0.25, 0.3) is 5.56 Å². The lowest BCUT2D eigenvalue weighted by molar-refractivity contribution is 0.0521. The monoisotopic (exact) mass is 422 g/mol. The molecular weight excluding hydrogens is 388 g/mol. The highest BCUT2D eigenvalue weighted by Gasteiger charge is 2.24. The molecule has 2 aromatic rings. The van der Waals surface area contributed by atoms with E-state index in [9.17, 15) is 9.59 Å². The van der Waals surface area contributed by atoms with Gasteiger partial charge in [-0.2, -0.15) is 0 Å². The highest BCUT2D eigenvalue weighted by Crippen LogP contribution is 2.33. The van der Waals surface area contributed by atoms with Crippen molar-refractivity contribution in [1.82, 2.24) is 9.88 Å². The van der Waals surface area contributed by atoms with Gasteiger partial charge in [-0.1, -0.05) is 34.1 Å². The zero-order chi connectivity index (χ0) is 21.8. The van der Waals surface area contributed by atoms with Gasteiger partial charge in [-0.3, -0.25) is 4.79 Å². The van der Waals surface area contributed by atoms with Crippen LogP contribution in [0.1, 0.15) is 67.0 Å². The number of nitrogens with one attached hydrogen (secondary N) is 1. The van der Waals surface area contributed by atoms with Crippen LogP contribution in [0.5, 0.6) is 5.75 Å². The third-order valence-electron chi connectivity index (χ3n) is 4.11. The second-order valence-corrected chi connectivity index (χ2v) is 10.4. The molecule has 1 amide bonds. The summed E-state index contributed by atoms with van der Waals surface area (Å²) in [5, 5.41) is 5.37. The number of pyridine rings is 1. The third-order valence-corrected chi connectivity index (χ3v) is 5.02. The Morgan fingerprint density at radius 3 is 2.48 bits per heavy atom. The number of thiophene rings is 1. The molecule has 0 aliphatic heterocycles. The van der Waals surface area contributed by atoms with Gasteiger partial charge < -0.3 is 19.4 Å². The summed E-state index contributed by atoms with van der Waals surface area (Å²) in [6.07, 6.45) is 1.42. The van der Waals surface area contributed by atoms with Crippen molar-refractivity contribution in [2.75, 3.05) is 6.61 Å². The number of nitrogens with zero attached hydrogens (tertiary/aromatic N) is 1. The first-order valence-electron chi connectivity index (χ1n) is 10.2. The molecule has 162 valence electrons. The van der Waals surface area contributed by atoms with Gasteiger partial charge in [-0.15, -0.1) is 11.3 Å². The molecule has 0 unspecified atom stereocenters. The zero-order valence-corrected chi connectivity index (χ0v) is 19.5. The van der Waals surface area contributed by atoms with Crippen LogP contribution in [-0.4, -0.2) is 22.9 Å². The number of hydrogen-bond donors (Lipinski definition) is 1. The molecule has 1 N–H and O–H groups in total. The summed E-state index contributed by atoms with van der Waals surface area (Å²) >= 11 is 1.49. The van der Waals surface area contributed by atoms with Crippen LogP contribution in [0, 0.1) is 5.41 Å². The molecular formula is C22H34N2O4S. The van der Waals surface area contributed by atoms with Crippen LogP contribution in [-0.2, 0) is 17.8 Å². The number of ether oxygens (including phenoxy) is 2. The first kappa shape index (κ1) is 23.3. The summed E-state index contributed by atoms with van der Waals surface area (Å²) in [6, 6.07) is 1.85. The van der Waals surface area contributed by atoms with Crippen LogP contribution in [0.2, 0.25) is 0 Å². The minimum Gasteiger partial charge on any atom is -0.490 e. The van der Waals surface area contributed by atoms with Gasteiger partial charge in [0.15, 0.2) is 5.75 Å². The lowest BCUT2D eigenvalue weighted by atomic mass is 9.96. The molecule has 0 bridgehead atoms. The fourth-order valence-corrected chi connectivity index (χ4v) is 3.84. The van der Waals surface area contributed by atoms with Crippen LogP contribution in [0.25, 0.3) is 10.1 Å². The van der Waals surface area contributed by atoms with Gasteiger partial charge in [-0.05, 0) is 44.1 Å². The molecule has 0 atom stereocenters. The van der Waals surface area contributed by atoms with E-state index < -0.39 is 11.7 Å². The van der Waals surface area contributed by atoms with Crippen LogP contribution in [0.15, 0.2) is 16.2 Å². The molecule has 2 heterocycles. The van der Waals surface area contributed by atoms with Crippen LogP contribution in [0.3, 0.4) is 0 Å². The molecule has 6 nitrogen and oxygen atoms in total. The Bertz CT molecular complexity index is 900. The SMILES string of the molecule is CCCCOc1c(CNC(=O)OC(C)(C)C)n(CC(C)(C)C)c(=O)c2ccsc12. The lowest BCUT2D eigenvalue weighted by Crippen LogP contribution is -2.36. The Labute approximate surface area is 177 Å². The maximum atomic E-state index is 13.2. The maximum absolute atomic E-state index is 13.2. The third kappa shape index (κ3) is 6.49. The van der Waals surface area contributed by atoms with Gasteiger partial charge in [0.1, 0.15) is 5.60 Å². The topological polar surface area (TPSA) is 69.6 Å². The Hall–Kier alpha value is -2.02. The van der Waals surface area contributed by atoms with E-state index in [0.717, 1.165) is 17.5 Å². The van der Waals surface area contributed by atoms with E-state index in [2.05, 4.69) is 33.0 Å². The zero-order valence-electron chi connectivity index (χ0n) is 18.7. The molecule has 0 fully saturated rings. The average molecular weight is 423 g/mol. The quantitative estimate of drug-likeness (QED) is 0.614. The Morgan fingerprint density at radius 2 is 1.90 bits per heavy atom. The van der Waals surface area contributed by atoms with Gasteiger partial charge >= 0.3 is 6.09 Å². The number of amides is 1. The first-order chi connectivity index (χ1) is 13.4. The molecule has 29 heavy (non-hydrogen) atoms. The molecule has 0 saturated heterocycles. The van der Waals surface area contributed by atoms with E-state index in [1.54, 1.807) is 4.57 Å². The van der Waals surface area contributed by atoms with Gasteiger partial charge in [-0.25, -0.2) is 4.79 Å². The van der Waals surface area contributed by atoms with Gasteiger partial charge in [0.2, 0.25) is 0 Å². The van der Waals surface area contributed by atoms with E-state index in [4.69, 9.17) is 9.47 Å². The van der Waals surface area contributed by atoms with Crippen molar-refractivity contribution in [2.45, 2.75) is 80.0 Å².